The molecule has 0 aromatic carbocycles. The first-order valence-corrected chi connectivity index (χ1v) is 5.56. The summed E-state index contributed by atoms with van der Waals surface area (Å²) in [6, 6.07) is 0. The van der Waals surface area contributed by atoms with Gasteiger partial charge in [0.15, 0.2) is 6.29 Å². The fourth-order valence-corrected chi connectivity index (χ4v) is 1.39. The van der Waals surface area contributed by atoms with Crippen LogP contribution in [0.15, 0.2) is 0 Å². The van der Waals surface area contributed by atoms with Crippen molar-refractivity contribution >= 4 is 0 Å². The van der Waals surface area contributed by atoms with Crippen molar-refractivity contribution in [2.45, 2.75) is 45.3 Å². The zero-order chi connectivity index (χ0) is 10.8. The highest BCUT2D eigenvalue weighted by atomic mass is 16.7. The molecule has 0 saturated carbocycles. The van der Waals surface area contributed by atoms with E-state index < -0.39 is 0 Å². The van der Waals surface area contributed by atoms with Crippen LogP contribution in [0.1, 0.15) is 39.0 Å². The average Bonchev–Trinajstić information content (AvgIpc) is 2.29. The molecule has 0 N–H and O–H groups in total. The second kappa shape index (κ2) is 8.36. The SMILES string of the molecule is CC#CC#CCCCOC1CCCCO1. The van der Waals surface area contributed by atoms with Crippen LogP contribution in [0.3, 0.4) is 0 Å². The van der Waals surface area contributed by atoms with Crippen LogP contribution in [0.25, 0.3) is 0 Å². The number of unbranched alkanes of at least 4 members (excludes halogenated alkanes) is 1. The first-order valence-electron chi connectivity index (χ1n) is 5.56. The summed E-state index contributed by atoms with van der Waals surface area (Å²) in [5.74, 6) is 11.2. The molecular weight excluding hydrogens is 188 g/mol. The van der Waals surface area contributed by atoms with Gasteiger partial charge in [0.1, 0.15) is 0 Å². The molecular formula is C13H18O2. The molecule has 0 bridgehead atoms. The van der Waals surface area contributed by atoms with Crippen LogP contribution in [0, 0.1) is 23.7 Å². The fourth-order valence-electron chi connectivity index (χ4n) is 1.39. The summed E-state index contributed by atoms with van der Waals surface area (Å²) >= 11 is 0. The molecule has 1 rings (SSSR count). The Morgan fingerprint density at radius 3 is 3.00 bits per heavy atom. The second-order valence-electron chi connectivity index (χ2n) is 3.45. The molecule has 2 nitrogen and oxygen atoms in total. The lowest BCUT2D eigenvalue weighted by molar-refractivity contribution is -0.162. The highest BCUT2D eigenvalue weighted by molar-refractivity contribution is 5.24. The van der Waals surface area contributed by atoms with E-state index in [9.17, 15) is 0 Å². The summed E-state index contributed by atoms with van der Waals surface area (Å²) in [6.45, 7) is 3.37. The Morgan fingerprint density at radius 1 is 1.33 bits per heavy atom. The van der Waals surface area contributed by atoms with E-state index in [2.05, 4.69) is 23.7 Å². The van der Waals surface area contributed by atoms with Crippen LogP contribution < -0.4 is 0 Å². The summed E-state index contributed by atoms with van der Waals surface area (Å²) < 4.78 is 11.0. The molecule has 2 heteroatoms. The maximum Gasteiger partial charge on any atom is 0.157 e. The predicted molar refractivity (Wildman–Crippen MR) is 60.0 cm³/mol. The van der Waals surface area contributed by atoms with E-state index in [4.69, 9.17) is 9.47 Å². The Balaban J connectivity index is 1.96. The van der Waals surface area contributed by atoms with Gasteiger partial charge in [-0.3, -0.25) is 0 Å². The molecule has 1 saturated heterocycles. The van der Waals surface area contributed by atoms with E-state index >= 15 is 0 Å². The summed E-state index contributed by atoms with van der Waals surface area (Å²) in [7, 11) is 0. The van der Waals surface area contributed by atoms with Gasteiger partial charge in [-0.15, -0.1) is 0 Å². The summed E-state index contributed by atoms with van der Waals surface area (Å²) in [5, 5.41) is 0. The van der Waals surface area contributed by atoms with Gasteiger partial charge in [0.05, 0.1) is 6.61 Å². The lowest BCUT2D eigenvalue weighted by Gasteiger charge is -2.22. The smallest absolute Gasteiger partial charge is 0.157 e. The minimum absolute atomic E-state index is 0.0298. The Hall–Kier alpha value is -0.960. The highest BCUT2D eigenvalue weighted by Crippen LogP contribution is 2.13. The molecule has 0 radical (unpaired) electrons. The largest absolute Gasteiger partial charge is 0.353 e. The van der Waals surface area contributed by atoms with Crippen molar-refractivity contribution in [2.75, 3.05) is 13.2 Å². The standard InChI is InChI=1S/C13H18O2/c1-2-3-4-5-6-8-11-14-13-10-7-9-12-15-13/h13H,6-12H2,1H3. The Bertz CT molecular complexity index is 268. The van der Waals surface area contributed by atoms with Crippen LogP contribution in [0.5, 0.6) is 0 Å². The third kappa shape index (κ3) is 6.18. The zero-order valence-corrected chi connectivity index (χ0v) is 9.34. The quantitative estimate of drug-likeness (QED) is 0.519. The molecule has 15 heavy (non-hydrogen) atoms. The summed E-state index contributed by atoms with van der Waals surface area (Å²) in [6.07, 6.45) is 5.26. The normalized spacial score (nSPS) is 19.7. The molecule has 1 aliphatic heterocycles. The van der Waals surface area contributed by atoms with Gasteiger partial charge in [0, 0.05) is 13.0 Å². The van der Waals surface area contributed by atoms with Crippen molar-refractivity contribution in [1.82, 2.24) is 0 Å². The third-order valence-corrected chi connectivity index (χ3v) is 2.16. The average molecular weight is 206 g/mol. The fraction of sp³-hybridized carbons (Fsp3) is 0.692. The molecule has 0 spiro atoms. The van der Waals surface area contributed by atoms with Gasteiger partial charge in [-0.1, -0.05) is 11.8 Å². The predicted octanol–water partition coefficient (Wildman–Crippen LogP) is 2.34. The van der Waals surface area contributed by atoms with Crippen LogP contribution >= 0.6 is 0 Å². The van der Waals surface area contributed by atoms with Crippen LogP contribution in [0.2, 0.25) is 0 Å². The molecule has 0 amide bonds. The van der Waals surface area contributed by atoms with Crippen molar-refractivity contribution in [3.63, 3.8) is 0 Å². The second-order valence-corrected chi connectivity index (χ2v) is 3.45. The minimum atomic E-state index is 0.0298. The molecule has 1 aliphatic rings. The lowest BCUT2D eigenvalue weighted by atomic mass is 10.2. The maximum atomic E-state index is 5.56. The Labute approximate surface area is 92.3 Å². The number of ether oxygens (including phenoxy) is 2. The van der Waals surface area contributed by atoms with Gasteiger partial charge < -0.3 is 9.47 Å². The highest BCUT2D eigenvalue weighted by Gasteiger charge is 2.12. The van der Waals surface area contributed by atoms with Crippen molar-refractivity contribution in [2.24, 2.45) is 0 Å². The molecule has 1 unspecified atom stereocenters. The van der Waals surface area contributed by atoms with Crippen molar-refractivity contribution < 1.29 is 9.47 Å². The van der Waals surface area contributed by atoms with Gasteiger partial charge in [0.2, 0.25) is 0 Å². The van der Waals surface area contributed by atoms with Crippen LogP contribution in [0.4, 0.5) is 0 Å². The first-order chi connectivity index (χ1) is 7.43. The summed E-state index contributed by atoms with van der Waals surface area (Å²) in [4.78, 5) is 0. The molecule has 0 aromatic heterocycles. The molecule has 1 atom stereocenters. The molecule has 82 valence electrons. The lowest BCUT2D eigenvalue weighted by Crippen LogP contribution is -2.22. The maximum absolute atomic E-state index is 5.56. The molecule has 1 heterocycles. The minimum Gasteiger partial charge on any atom is -0.353 e. The van der Waals surface area contributed by atoms with E-state index in [0.717, 1.165) is 32.5 Å². The number of hydrogen-bond acceptors (Lipinski definition) is 2. The third-order valence-electron chi connectivity index (χ3n) is 2.16. The van der Waals surface area contributed by atoms with Crippen molar-refractivity contribution in [3.8, 4) is 23.7 Å². The van der Waals surface area contributed by atoms with Gasteiger partial charge in [0.25, 0.3) is 0 Å². The van der Waals surface area contributed by atoms with Gasteiger partial charge in [-0.2, -0.15) is 0 Å². The van der Waals surface area contributed by atoms with Gasteiger partial charge in [-0.25, -0.2) is 0 Å². The van der Waals surface area contributed by atoms with Crippen LogP contribution in [-0.4, -0.2) is 19.5 Å². The van der Waals surface area contributed by atoms with Crippen molar-refractivity contribution in [1.29, 1.82) is 0 Å². The Morgan fingerprint density at radius 2 is 2.27 bits per heavy atom. The topological polar surface area (TPSA) is 18.5 Å². The van der Waals surface area contributed by atoms with E-state index in [0.29, 0.717) is 0 Å². The van der Waals surface area contributed by atoms with E-state index in [1.165, 1.54) is 12.8 Å². The van der Waals surface area contributed by atoms with E-state index in [1.54, 1.807) is 6.92 Å². The van der Waals surface area contributed by atoms with Gasteiger partial charge in [-0.05, 0) is 44.4 Å². The van der Waals surface area contributed by atoms with Crippen molar-refractivity contribution in [3.05, 3.63) is 0 Å². The first kappa shape index (κ1) is 12.1. The van der Waals surface area contributed by atoms with Crippen LogP contribution in [-0.2, 0) is 9.47 Å². The molecule has 0 aliphatic carbocycles. The zero-order valence-electron chi connectivity index (χ0n) is 9.34. The van der Waals surface area contributed by atoms with E-state index in [1.807, 2.05) is 0 Å². The molecule has 1 fully saturated rings. The number of hydrogen-bond donors (Lipinski definition) is 0. The summed E-state index contributed by atoms with van der Waals surface area (Å²) in [5.41, 5.74) is 0. The Kier molecular flexibility index (Phi) is 6.75. The monoisotopic (exact) mass is 206 g/mol. The molecule has 0 aromatic rings. The number of rotatable bonds is 4. The van der Waals surface area contributed by atoms with E-state index in [-0.39, 0.29) is 6.29 Å². The van der Waals surface area contributed by atoms with Gasteiger partial charge >= 0.3 is 0 Å².